The maximum Gasteiger partial charge on any atom is 0.263 e. The van der Waals surface area contributed by atoms with Crippen LogP contribution in [0.2, 0.25) is 0 Å². The molecule has 0 bridgehead atoms. The molecule has 1 aromatic carbocycles. The number of hydrogen-bond donors (Lipinski definition) is 0. The molecule has 0 atom stereocenters. The van der Waals surface area contributed by atoms with E-state index >= 15 is 0 Å². The Morgan fingerprint density at radius 1 is 1.37 bits per heavy atom. The molecule has 3 nitrogen and oxygen atoms in total. The number of halogens is 2. The molecule has 1 saturated carbocycles. The minimum atomic E-state index is -3.86. The van der Waals surface area contributed by atoms with Crippen LogP contribution in [-0.4, -0.2) is 13.0 Å². The van der Waals surface area contributed by atoms with Gasteiger partial charge in [0.05, 0.1) is 0 Å². The van der Waals surface area contributed by atoms with Crippen LogP contribution < -0.4 is 0 Å². The van der Waals surface area contributed by atoms with Gasteiger partial charge in [0.2, 0.25) is 0 Å². The highest BCUT2D eigenvalue weighted by Crippen LogP contribution is 2.34. The van der Waals surface area contributed by atoms with E-state index in [9.17, 15) is 12.8 Å². The van der Waals surface area contributed by atoms with Gasteiger partial charge in [-0.1, -0.05) is 12.8 Å². The lowest BCUT2D eigenvalue weighted by Gasteiger charge is -2.03. The Morgan fingerprint density at radius 2 is 2.11 bits per heavy atom. The molecule has 0 aliphatic heterocycles. The molecule has 0 radical (unpaired) electrons. The Bertz CT molecular complexity index is 734. The fourth-order valence-corrected chi connectivity index (χ4v) is 3.39. The van der Waals surface area contributed by atoms with Crippen molar-refractivity contribution in [1.82, 2.24) is 4.57 Å². The number of benzene rings is 1. The molecule has 102 valence electrons. The standard InChI is InChI=1S/C13H13ClFNO2S/c14-19(17,18)13-8-16(6-5-9-1-2-9)12-4-3-10(15)7-11(12)13/h3-4,7-9H,1-2,5-6H2. The molecule has 1 aromatic heterocycles. The molecule has 3 rings (SSSR count). The Morgan fingerprint density at radius 3 is 2.74 bits per heavy atom. The van der Waals surface area contributed by atoms with Crippen LogP contribution in [0.25, 0.3) is 10.9 Å². The number of aryl methyl sites for hydroxylation is 1. The van der Waals surface area contributed by atoms with E-state index in [2.05, 4.69) is 0 Å². The smallest absolute Gasteiger partial charge is 0.263 e. The predicted octanol–water partition coefficient (Wildman–Crippen LogP) is 3.51. The second-order valence-corrected chi connectivity index (χ2v) is 7.55. The van der Waals surface area contributed by atoms with Crippen molar-refractivity contribution in [3.63, 3.8) is 0 Å². The summed E-state index contributed by atoms with van der Waals surface area (Å²) in [6.07, 6.45) is 5.01. The van der Waals surface area contributed by atoms with Gasteiger partial charge in [0, 0.05) is 34.3 Å². The molecule has 0 spiro atoms. The van der Waals surface area contributed by atoms with Crippen LogP contribution in [0.4, 0.5) is 4.39 Å². The molecule has 19 heavy (non-hydrogen) atoms. The predicted molar refractivity (Wildman–Crippen MR) is 72.3 cm³/mol. The maximum absolute atomic E-state index is 13.3. The van der Waals surface area contributed by atoms with Crippen molar-refractivity contribution in [2.45, 2.75) is 30.7 Å². The molecule has 0 N–H and O–H groups in total. The highest BCUT2D eigenvalue weighted by molar-refractivity contribution is 8.14. The molecular formula is C13H13ClFNO2S. The summed E-state index contributed by atoms with van der Waals surface area (Å²) in [5, 5.41) is 0.353. The van der Waals surface area contributed by atoms with E-state index in [4.69, 9.17) is 10.7 Å². The van der Waals surface area contributed by atoms with E-state index in [1.807, 2.05) is 4.57 Å². The van der Waals surface area contributed by atoms with Gasteiger partial charge in [0.15, 0.2) is 0 Å². The van der Waals surface area contributed by atoms with E-state index in [0.717, 1.165) is 18.9 Å². The zero-order valence-corrected chi connectivity index (χ0v) is 11.7. The summed E-state index contributed by atoms with van der Waals surface area (Å²) in [5.41, 5.74) is 0.710. The van der Waals surface area contributed by atoms with E-state index < -0.39 is 14.9 Å². The first kappa shape index (κ1) is 12.9. The van der Waals surface area contributed by atoms with E-state index in [1.54, 1.807) is 6.07 Å². The van der Waals surface area contributed by atoms with Crippen LogP contribution in [0.3, 0.4) is 0 Å². The third-order valence-corrected chi connectivity index (χ3v) is 4.89. The normalized spacial score (nSPS) is 16.1. The maximum atomic E-state index is 13.3. The van der Waals surface area contributed by atoms with Gasteiger partial charge >= 0.3 is 0 Å². The number of rotatable bonds is 4. The molecule has 1 aliphatic carbocycles. The zero-order valence-electron chi connectivity index (χ0n) is 10.1. The van der Waals surface area contributed by atoms with Crippen LogP contribution in [0.1, 0.15) is 19.3 Å². The fourth-order valence-electron chi connectivity index (χ4n) is 2.34. The summed E-state index contributed by atoms with van der Waals surface area (Å²) in [7, 11) is 1.55. The van der Waals surface area contributed by atoms with E-state index in [0.29, 0.717) is 10.9 Å². The van der Waals surface area contributed by atoms with Crippen molar-refractivity contribution in [2.75, 3.05) is 0 Å². The third kappa shape index (κ3) is 2.62. The van der Waals surface area contributed by atoms with Crippen LogP contribution in [0.5, 0.6) is 0 Å². The summed E-state index contributed by atoms with van der Waals surface area (Å²) in [4.78, 5) is -0.0144. The Kier molecular flexibility index (Phi) is 3.06. The van der Waals surface area contributed by atoms with Crippen LogP contribution in [0.15, 0.2) is 29.3 Å². The first-order valence-electron chi connectivity index (χ1n) is 6.18. The Balaban J connectivity index is 2.11. The molecule has 1 aliphatic rings. The average Bonchev–Trinajstić information content (AvgIpc) is 3.07. The number of aromatic nitrogens is 1. The lowest BCUT2D eigenvalue weighted by Crippen LogP contribution is -1.97. The lowest BCUT2D eigenvalue weighted by atomic mass is 10.2. The van der Waals surface area contributed by atoms with Crippen LogP contribution >= 0.6 is 10.7 Å². The van der Waals surface area contributed by atoms with Crippen molar-refractivity contribution < 1.29 is 12.8 Å². The van der Waals surface area contributed by atoms with Gasteiger partial charge in [-0.3, -0.25) is 0 Å². The van der Waals surface area contributed by atoms with Gasteiger partial charge in [0.1, 0.15) is 10.7 Å². The average molecular weight is 302 g/mol. The van der Waals surface area contributed by atoms with Gasteiger partial charge in [0.25, 0.3) is 9.05 Å². The highest BCUT2D eigenvalue weighted by Gasteiger charge is 2.23. The van der Waals surface area contributed by atoms with Gasteiger partial charge in [-0.25, -0.2) is 12.8 Å². The van der Waals surface area contributed by atoms with Crippen LogP contribution in [0, 0.1) is 11.7 Å². The second-order valence-electron chi connectivity index (χ2n) is 5.02. The van der Waals surface area contributed by atoms with Gasteiger partial charge in [-0.05, 0) is 30.5 Å². The van der Waals surface area contributed by atoms with Gasteiger partial charge in [-0.2, -0.15) is 0 Å². The minimum Gasteiger partial charge on any atom is -0.346 e. The van der Waals surface area contributed by atoms with Gasteiger partial charge in [-0.15, -0.1) is 0 Å². The summed E-state index contributed by atoms with van der Waals surface area (Å²) in [6.45, 7) is 0.735. The largest absolute Gasteiger partial charge is 0.346 e. The number of nitrogens with zero attached hydrogens (tertiary/aromatic N) is 1. The number of hydrogen-bond acceptors (Lipinski definition) is 2. The minimum absolute atomic E-state index is 0.0144. The lowest BCUT2D eigenvalue weighted by molar-refractivity contribution is 0.601. The van der Waals surface area contributed by atoms with Gasteiger partial charge < -0.3 is 4.57 Å². The first-order chi connectivity index (χ1) is 8.95. The van der Waals surface area contributed by atoms with Crippen molar-refractivity contribution in [2.24, 2.45) is 5.92 Å². The molecule has 0 saturated heterocycles. The van der Waals surface area contributed by atoms with Crippen molar-refractivity contribution in [3.8, 4) is 0 Å². The van der Waals surface area contributed by atoms with Crippen molar-refractivity contribution in [3.05, 3.63) is 30.2 Å². The first-order valence-corrected chi connectivity index (χ1v) is 8.49. The second kappa shape index (κ2) is 4.49. The van der Waals surface area contributed by atoms with Crippen molar-refractivity contribution >= 4 is 30.6 Å². The third-order valence-electron chi connectivity index (χ3n) is 3.54. The Labute approximate surface area is 115 Å². The molecule has 2 aromatic rings. The quantitative estimate of drug-likeness (QED) is 0.811. The fraction of sp³-hybridized carbons (Fsp3) is 0.385. The molecular weight excluding hydrogens is 289 g/mol. The van der Waals surface area contributed by atoms with E-state index in [-0.39, 0.29) is 4.90 Å². The Hall–Kier alpha value is -1.07. The summed E-state index contributed by atoms with van der Waals surface area (Å²) in [5.74, 6) is 0.281. The zero-order chi connectivity index (χ0) is 13.6. The molecule has 6 heteroatoms. The summed E-state index contributed by atoms with van der Waals surface area (Å²) < 4.78 is 38.2. The SMILES string of the molecule is O=S(=O)(Cl)c1cn(CCC2CC2)c2ccc(F)cc12. The molecule has 1 heterocycles. The topological polar surface area (TPSA) is 39.1 Å². The van der Waals surface area contributed by atoms with E-state index in [1.165, 1.54) is 31.2 Å². The molecule has 0 amide bonds. The van der Waals surface area contributed by atoms with Crippen molar-refractivity contribution in [1.29, 1.82) is 0 Å². The number of fused-ring (bicyclic) bond motifs is 1. The molecule has 0 unspecified atom stereocenters. The monoisotopic (exact) mass is 301 g/mol. The molecule has 1 fully saturated rings. The summed E-state index contributed by atoms with van der Waals surface area (Å²) >= 11 is 0. The van der Waals surface area contributed by atoms with Crippen LogP contribution in [-0.2, 0) is 15.6 Å². The highest BCUT2D eigenvalue weighted by atomic mass is 35.7. The summed E-state index contributed by atoms with van der Waals surface area (Å²) in [6, 6.07) is 4.15.